The number of benzene rings is 3. The van der Waals surface area contributed by atoms with Crippen molar-refractivity contribution >= 4 is 17.9 Å². The molecule has 1 aromatic heterocycles. The summed E-state index contributed by atoms with van der Waals surface area (Å²) in [5.41, 5.74) is 3.92. The number of hydrogen-bond donors (Lipinski definition) is 2. The average Bonchev–Trinajstić information content (AvgIpc) is 3.20. The first kappa shape index (κ1) is 23.7. The van der Waals surface area contributed by atoms with Gasteiger partial charge in [-0.2, -0.15) is 5.10 Å². The van der Waals surface area contributed by atoms with E-state index in [1.165, 1.54) is 12.1 Å². The Bertz CT molecular complexity index is 1350. The van der Waals surface area contributed by atoms with Crippen LogP contribution in [0.2, 0.25) is 0 Å². The van der Waals surface area contributed by atoms with Gasteiger partial charge in [-0.05, 0) is 40.8 Å². The van der Waals surface area contributed by atoms with Crippen LogP contribution in [0.5, 0.6) is 0 Å². The van der Waals surface area contributed by atoms with Crippen LogP contribution < -0.4 is 5.32 Å². The highest BCUT2D eigenvalue weighted by Gasteiger charge is 2.17. The highest BCUT2D eigenvalue weighted by molar-refractivity contribution is 5.90. The maximum absolute atomic E-state index is 14.3. The lowest BCUT2D eigenvalue weighted by molar-refractivity contribution is -0.136. The summed E-state index contributed by atoms with van der Waals surface area (Å²) < 4.78 is 21.4. The Hall–Kier alpha value is -4.46. The summed E-state index contributed by atoms with van der Waals surface area (Å²) in [5.74, 6) is -1.16. The second-order valence-corrected chi connectivity index (χ2v) is 8.07. The fourth-order valence-electron chi connectivity index (χ4n) is 3.75. The number of carboxylic acid groups (broad SMARTS) is 1. The summed E-state index contributed by atoms with van der Waals surface area (Å²) in [6.07, 6.45) is 0.259. The fraction of sp³-hybridized carbons (Fsp3) is 0.148. The molecule has 0 saturated heterocycles. The summed E-state index contributed by atoms with van der Waals surface area (Å²) in [4.78, 5) is 23.4. The van der Waals surface area contributed by atoms with Gasteiger partial charge in [0.1, 0.15) is 17.7 Å². The SMILES string of the molecule is C[C@@H](OC(=O)Nc1c(-c2ccc(-c3ccc(CC(=O)O)c(F)c3)cc2)cnn1C)c1ccccc1. The maximum Gasteiger partial charge on any atom is 0.413 e. The lowest BCUT2D eigenvalue weighted by Gasteiger charge is -2.15. The van der Waals surface area contributed by atoms with E-state index in [0.717, 1.165) is 16.7 Å². The van der Waals surface area contributed by atoms with Crippen molar-refractivity contribution in [3.05, 3.63) is 95.9 Å². The molecule has 3 aromatic carbocycles. The highest BCUT2D eigenvalue weighted by atomic mass is 19.1. The number of carboxylic acids is 1. The van der Waals surface area contributed by atoms with Crippen molar-refractivity contribution in [3.63, 3.8) is 0 Å². The zero-order valence-corrected chi connectivity index (χ0v) is 19.2. The van der Waals surface area contributed by atoms with Gasteiger partial charge in [0.2, 0.25) is 0 Å². The van der Waals surface area contributed by atoms with E-state index >= 15 is 0 Å². The van der Waals surface area contributed by atoms with Crippen LogP contribution in [0.1, 0.15) is 24.2 Å². The minimum absolute atomic E-state index is 0.136. The summed E-state index contributed by atoms with van der Waals surface area (Å²) in [6.45, 7) is 1.80. The largest absolute Gasteiger partial charge is 0.481 e. The smallest absolute Gasteiger partial charge is 0.413 e. The number of aryl methyl sites for hydroxylation is 1. The molecule has 0 radical (unpaired) electrons. The van der Waals surface area contributed by atoms with Crippen molar-refractivity contribution in [3.8, 4) is 22.3 Å². The van der Waals surface area contributed by atoms with E-state index in [2.05, 4.69) is 10.4 Å². The van der Waals surface area contributed by atoms with Crippen LogP contribution in [0.25, 0.3) is 22.3 Å². The molecule has 178 valence electrons. The number of aromatic nitrogens is 2. The lowest BCUT2D eigenvalue weighted by Crippen LogP contribution is -2.18. The standard InChI is InChI=1S/C27H24FN3O4/c1-17(18-6-4-3-5-7-18)35-27(34)30-26-23(16-29-31(26)2)20-10-8-19(9-11-20)21-12-13-22(15-25(32)33)24(28)14-21/h3-14,16-17H,15H2,1-2H3,(H,30,34)(H,32,33)/t17-/m1/s1. The summed E-state index contributed by atoms with van der Waals surface area (Å²) in [6, 6.07) is 21.3. The Balaban J connectivity index is 1.50. The van der Waals surface area contributed by atoms with Crippen LogP contribution in [-0.4, -0.2) is 26.9 Å². The van der Waals surface area contributed by atoms with Gasteiger partial charge in [0.15, 0.2) is 0 Å². The third-order valence-electron chi connectivity index (χ3n) is 5.64. The first-order valence-corrected chi connectivity index (χ1v) is 11.0. The molecular formula is C27H24FN3O4. The normalized spacial score (nSPS) is 11.6. The average molecular weight is 474 g/mol. The van der Waals surface area contributed by atoms with Crippen LogP contribution in [-0.2, 0) is 23.0 Å². The second-order valence-electron chi connectivity index (χ2n) is 8.07. The van der Waals surface area contributed by atoms with Gasteiger partial charge in [0.05, 0.1) is 12.6 Å². The van der Waals surface area contributed by atoms with Gasteiger partial charge in [-0.15, -0.1) is 0 Å². The van der Waals surface area contributed by atoms with Crippen molar-refractivity contribution in [2.45, 2.75) is 19.4 Å². The number of aliphatic carboxylic acids is 1. The Kier molecular flexibility index (Phi) is 6.91. The third kappa shape index (κ3) is 5.55. The quantitative estimate of drug-likeness (QED) is 0.352. The molecule has 4 aromatic rings. The van der Waals surface area contributed by atoms with E-state index in [-0.39, 0.29) is 12.0 Å². The molecule has 1 heterocycles. The Morgan fingerprint density at radius 2 is 1.69 bits per heavy atom. The van der Waals surface area contributed by atoms with Crippen molar-refractivity contribution in [1.82, 2.24) is 9.78 Å². The molecule has 0 saturated carbocycles. The Morgan fingerprint density at radius 3 is 2.34 bits per heavy atom. The van der Waals surface area contributed by atoms with Crippen molar-refractivity contribution in [1.29, 1.82) is 0 Å². The number of carbonyl (C=O) groups is 2. The molecule has 2 N–H and O–H groups in total. The van der Waals surface area contributed by atoms with Crippen LogP contribution >= 0.6 is 0 Å². The third-order valence-corrected chi connectivity index (χ3v) is 5.64. The molecule has 8 heteroatoms. The van der Waals surface area contributed by atoms with E-state index in [4.69, 9.17) is 9.84 Å². The van der Waals surface area contributed by atoms with Crippen molar-refractivity contribution < 1.29 is 23.8 Å². The number of hydrogen-bond acceptors (Lipinski definition) is 4. The van der Waals surface area contributed by atoms with Gasteiger partial charge in [0.25, 0.3) is 0 Å². The van der Waals surface area contributed by atoms with E-state index in [9.17, 15) is 14.0 Å². The number of rotatable bonds is 7. The van der Waals surface area contributed by atoms with Crippen LogP contribution in [0, 0.1) is 5.82 Å². The molecule has 1 atom stereocenters. The van der Waals surface area contributed by atoms with Crippen LogP contribution in [0.4, 0.5) is 15.0 Å². The molecule has 0 aliphatic carbocycles. The highest BCUT2D eigenvalue weighted by Crippen LogP contribution is 2.31. The summed E-state index contributed by atoms with van der Waals surface area (Å²) >= 11 is 0. The summed E-state index contributed by atoms with van der Waals surface area (Å²) in [7, 11) is 1.72. The zero-order chi connectivity index (χ0) is 24.9. The van der Waals surface area contributed by atoms with Gasteiger partial charge >= 0.3 is 12.1 Å². The van der Waals surface area contributed by atoms with Gasteiger partial charge in [0, 0.05) is 12.6 Å². The second kappa shape index (κ2) is 10.2. The van der Waals surface area contributed by atoms with E-state index in [0.29, 0.717) is 16.9 Å². The molecule has 0 aliphatic heterocycles. The van der Waals surface area contributed by atoms with Gasteiger partial charge in [-0.1, -0.05) is 66.7 Å². The number of carbonyl (C=O) groups excluding carboxylic acids is 1. The maximum atomic E-state index is 14.3. The van der Waals surface area contributed by atoms with Crippen molar-refractivity contribution in [2.24, 2.45) is 7.05 Å². The van der Waals surface area contributed by atoms with E-state index in [1.807, 2.05) is 54.6 Å². The molecule has 0 aliphatic rings. The molecule has 7 nitrogen and oxygen atoms in total. The monoisotopic (exact) mass is 473 g/mol. The predicted molar refractivity (Wildman–Crippen MR) is 130 cm³/mol. The van der Waals surface area contributed by atoms with Gasteiger partial charge in [-0.25, -0.2) is 9.18 Å². The van der Waals surface area contributed by atoms with E-state index < -0.39 is 24.0 Å². The van der Waals surface area contributed by atoms with Gasteiger partial charge < -0.3 is 9.84 Å². The number of anilines is 1. The lowest BCUT2D eigenvalue weighted by atomic mass is 9.99. The number of nitrogens with one attached hydrogen (secondary N) is 1. The molecular weight excluding hydrogens is 449 g/mol. The summed E-state index contributed by atoms with van der Waals surface area (Å²) in [5, 5.41) is 15.9. The molecule has 0 spiro atoms. The first-order valence-electron chi connectivity index (χ1n) is 11.0. The van der Waals surface area contributed by atoms with E-state index in [1.54, 1.807) is 30.9 Å². The van der Waals surface area contributed by atoms with Crippen LogP contribution in [0.15, 0.2) is 79.0 Å². The topological polar surface area (TPSA) is 93.4 Å². The zero-order valence-electron chi connectivity index (χ0n) is 19.2. The molecule has 0 unspecified atom stereocenters. The van der Waals surface area contributed by atoms with Crippen LogP contribution in [0.3, 0.4) is 0 Å². The molecule has 4 rings (SSSR count). The molecule has 1 amide bonds. The molecule has 35 heavy (non-hydrogen) atoms. The number of nitrogens with zero attached hydrogens (tertiary/aromatic N) is 2. The molecule has 0 bridgehead atoms. The fourth-order valence-corrected chi connectivity index (χ4v) is 3.75. The number of halogens is 1. The van der Waals surface area contributed by atoms with Gasteiger partial charge in [-0.3, -0.25) is 14.8 Å². The Labute approximate surface area is 201 Å². The Morgan fingerprint density at radius 1 is 1.03 bits per heavy atom. The predicted octanol–water partition coefficient (Wildman–Crippen LogP) is 5.83. The number of ether oxygens (including phenoxy) is 1. The first-order chi connectivity index (χ1) is 16.8. The minimum atomic E-state index is -1.08. The molecule has 0 fully saturated rings. The number of amides is 1. The van der Waals surface area contributed by atoms with Crippen molar-refractivity contribution in [2.75, 3.05) is 5.32 Å². The minimum Gasteiger partial charge on any atom is -0.481 e.